The molecule has 0 N–H and O–H groups in total. The van der Waals surface area contributed by atoms with Crippen LogP contribution in [-0.4, -0.2) is 61.4 Å². The van der Waals surface area contributed by atoms with Crippen LogP contribution in [0.15, 0.2) is 24.3 Å². The van der Waals surface area contributed by atoms with Crippen molar-refractivity contribution >= 4 is 11.7 Å². The Kier molecular flexibility index (Phi) is 4.50. The van der Waals surface area contributed by atoms with E-state index in [9.17, 15) is 4.79 Å². The molecule has 0 unspecified atom stereocenters. The van der Waals surface area contributed by atoms with Crippen LogP contribution in [0.1, 0.15) is 45.1 Å². The summed E-state index contributed by atoms with van der Waals surface area (Å²) in [5, 5.41) is 0. The molecule has 1 aromatic rings. The van der Waals surface area contributed by atoms with Crippen molar-refractivity contribution in [2.75, 3.05) is 37.6 Å². The number of rotatable bonds is 3. The van der Waals surface area contributed by atoms with E-state index in [1.165, 1.54) is 30.5 Å². The normalized spacial score (nSPS) is 44.3. The minimum atomic E-state index is -0.0291. The Bertz CT molecular complexity index is 881. The maximum atomic E-state index is 13.0. The van der Waals surface area contributed by atoms with Gasteiger partial charge in [0, 0.05) is 49.7 Å². The number of carbonyl (C=O) groups is 1. The number of piperazine rings is 1. The number of aryl methyl sites for hydroxylation is 1. The predicted molar refractivity (Wildman–Crippen MR) is 120 cm³/mol. The zero-order chi connectivity index (χ0) is 21.4. The van der Waals surface area contributed by atoms with Gasteiger partial charge in [-0.15, -0.1) is 0 Å². The molecule has 168 valence electrons. The molecule has 0 radical (unpaired) electrons. The Morgan fingerprint density at radius 2 is 2.00 bits per heavy atom. The van der Waals surface area contributed by atoms with Gasteiger partial charge in [0.05, 0.1) is 12.0 Å². The molecular formula is C26H36N2O3. The molecule has 3 saturated heterocycles. The number of epoxide rings is 1. The monoisotopic (exact) mass is 424 g/mol. The molecule has 0 bridgehead atoms. The number of carbonyl (C=O) groups excluding carboxylic acids is 1. The second-order valence-electron chi connectivity index (χ2n) is 11.2. The largest absolute Gasteiger partial charge is 0.462 e. The summed E-state index contributed by atoms with van der Waals surface area (Å²) in [6.45, 7) is 11.8. The van der Waals surface area contributed by atoms with Crippen molar-refractivity contribution < 1.29 is 14.3 Å². The van der Waals surface area contributed by atoms with Crippen molar-refractivity contribution in [3.8, 4) is 0 Å². The Balaban J connectivity index is 1.14. The summed E-state index contributed by atoms with van der Waals surface area (Å²) < 4.78 is 12.6. The third-order valence-electron chi connectivity index (χ3n) is 9.39. The van der Waals surface area contributed by atoms with Crippen LogP contribution < -0.4 is 4.90 Å². The van der Waals surface area contributed by atoms with E-state index in [0.717, 1.165) is 39.1 Å². The Morgan fingerprint density at radius 3 is 2.77 bits per heavy atom. The smallest absolute Gasteiger partial charge is 0.311 e. The first kappa shape index (κ1) is 20.0. The molecule has 7 atom stereocenters. The van der Waals surface area contributed by atoms with Crippen molar-refractivity contribution in [1.29, 1.82) is 0 Å². The molecule has 5 nitrogen and oxygen atoms in total. The Morgan fingerprint density at radius 1 is 1.19 bits per heavy atom. The fourth-order valence-electron chi connectivity index (χ4n) is 7.73. The van der Waals surface area contributed by atoms with Gasteiger partial charge in [0.15, 0.2) is 0 Å². The molecule has 31 heavy (non-hydrogen) atoms. The first-order valence-corrected chi connectivity index (χ1v) is 12.3. The van der Waals surface area contributed by atoms with Gasteiger partial charge in [0.25, 0.3) is 0 Å². The van der Waals surface area contributed by atoms with Crippen LogP contribution in [0.4, 0.5) is 5.69 Å². The van der Waals surface area contributed by atoms with Crippen molar-refractivity contribution in [2.24, 2.45) is 23.2 Å². The molecule has 0 aromatic heterocycles. The molecule has 5 heteroatoms. The predicted octanol–water partition coefficient (Wildman–Crippen LogP) is 3.64. The van der Waals surface area contributed by atoms with Crippen molar-refractivity contribution in [3.63, 3.8) is 0 Å². The molecule has 6 rings (SSSR count). The maximum absolute atomic E-state index is 13.0. The summed E-state index contributed by atoms with van der Waals surface area (Å²) in [5.74, 6) is 0.831. The number of ether oxygens (including phenoxy) is 2. The van der Waals surface area contributed by atoms with Gasteiger partial charge in [0.1, 0.15) is 11.7 Å². The zero-order valence-electron chi connectivity index (χ0n) is 19.2. The lowest BCUT2D eigenvalue weighted by Crippen LogP contribution is -2.55. The highest BCUT2D eigenvalue weighted by Crippen LogP contribution is 2.70. The summed E-state index contributed by atoms with van der Waals surface area (Å²) in [7, 11) is 0. The molecule has 1 spiro atoms. The third-order valence-corrected chi connectivity index (χ3v) is 9.39. The van der Waals surface area contributed by atoms with Gasteiger partial charge in [-0.2, -0.15) is 0 Å². The van der Waals surface area contributed by atoms with Crippen molar-refractivity contribution in [3.05, 3.63) is 29.8 Å². The Hall–Kier alpha value is -1.59. The SMILES string of the molecule is Cc1cccc(N2CCN(C[C@H]3C(=O)O[C@@H]4C[C@@]5(C)CCC[C@H](C)[C@]56O[C@H]6[C@@H]43)CC2)c1. The topological polar surface area (TPSA) is 45.3 Å². The summed E-state index contributed by atoms with van der Waals surface area (Å²) in [5.41, 5.74) is 2.79. The lowest BCUT2D eigenvalue weighted by molar-refractivity contribution is -0.146. The molecular weight excluding hydrogens is 388 g/mol. The van der Waals surface area contributed by atoms with Gasteiger partial charge in [-0.3, -0.25) is 9.69 Å². The molecule has 5 fully saturated rings. The van der Waals surface area contributed by atoms with Gasteiger partial charge in [-0.25, -0.2) is 0 Å². The van der Waals surface area contributed by atoms with Crippen LogP contribution in [0.25, 0.3) is 0 Å². The van der Waals surface area contributed by atoms with Crippen molar-refractivity contribution in [2.45, 2.75) is 64.3 Å². The van der Waals surface area contributed by atoms with Gasteiger partial charge in [-0.05, 0) is 49.8 Å². The highest BCUT2D eigenvalue weighted by molar-refractivity contribution is 5.76. The fourth-order valence-corrected chi connectivity index (χ4v) is 7.73. The number of esters is 1. The lowest BCUT2D eigenvalue weighted by Gasteiger charge is -2.49. The van der Waals surface area contributed by atoms with E-state index >= 15 is 0 Å². The summed E-state index contributed by atoms with van der Waals surface area (Å²) in [6.07, 6.45) is 5.00. The molecule has 2 aliphatic carbocycles. The van der Waals surface area contributed by atoms with E-state index in [4.69, 9.17) is 9.47 Å². The standard InChI is InChI=1S/C26H36N2O3/c1-17-6-4-8-19(14-17)28-12-10-27(11-13-28)16-20-22-21(30-24(20)29)15-25(3)9-5-7-18(2)26(25)23(22)31-26/h4,6,8,14,18,20-23H,5,7,9-13,15-16H2,1-3H3/t18-,20+,21+,22+,23-,25+,26+/m0/s1. The van der Waals surface area contributed by atoms with Crippen LogP contribution >= 0.6 is 0 Å². The van der Waals surface area contributed by atoms with Gasteiger partial charge >= 0.3 is 5.97 Å². The van der Waals surface area contributed by atoms with Crippen LogP contribution in [0.3, 0.4) is 0 Å². The van der Waals surface area contributed by atoms with Crippen LogP contribution in [0, 0.1) is 30.1 Å². The number of anilines is 1. The maximum Gasteiger partial charge on any atom is 0.311 e. The molecule has 5 aliphatic rings. The highest BCUT2D eigenvalue weighted by atomic mass is 16.6. The van der Waals surface area contributed by atoms with Crippen LogP contribution in [0.2, 0.25) is 0 Å². The highest BCUT2D eigenvalue weighted by Gasteiger charge is 2.78. The van der Waals surface area contributed by atoms with Gasteiger partial charge in [0.2, 0.25) is 0 Å². The summed E-state index contributed by atoms with van der Waals surface area (Å²) in [6, 6.07) is 8.76. The number of benzene rings is 1. The average Bonchev–Trinajstić information content (AvgIpc) is 3.43. The molecule has 3 heterocycles. The van der Waals surface area contributed by atoms with Gasteiger partial charge in [-0.1, -0.05) is 32.4 Å². The van der Waals surface area contributed by atoms with E-state index in [1.807, 2.05) is 0 Å². The first-order valence-electron chi connectivity index (χ1n) is 12.3. The van der Waals surface area contributed by atoms with E-state index in [-0.39, 0.29) is 41.0 Å². The first-order chi connectivity index (χ1) is 14.9. The number of nitrogens with zero attached hydrogens (tertiary/aromatic N) is 2. The number of fused-ring (bicyclic) bond motifs is 2. The zero-order valence-corrected chi connectivity index (χ0v) is 19.2. The van der Waals surface area contributed by atoms with E-state index in [2.05, 4.69) is 54.8 Å². The minimum absolute atomic E-state index is 0.00249. The summed E-state index contributed by atoms with van der Waals surface area (Å²) >= 11 is 0. The minimum Gasteiger partial charge on any atom is -0.462 e. The molecule has 0 amide bonds. The van der Waals surface area contributed by atoms with Gasteiger partial charge < -0.3 is 14.4 Å². The van der Waals surface area contributed by atoms with Crippen LogP contribution in [0.5, 0.6) is 0 Å². The lowest BCUT2D eigenvalue weighted by atomic mass is 9.53. The fraction of sp³-hybridized carbons (Fsp3) is 0.731. The quantitative estimate of drug-likeness (QED) is 0.548. The molecule has 1 aromatic carbocycles. The molecule has 2 saturated carbocycles. The second-order valence-corrected chi connectivity index (χ2v) is 11.2. The third kappa shape index (κ3) is 2.92. The number of hydrogen-bond acceptors (Lipinski definition) is 5. The van der Waals surface area contributed by atoms with E-state index in [1.54, 1.807) is 0 Å². The van der Waals surface area contributed by atoms with E-state index < -0.39 is 0 Å². The summed E-state index contributed by atoms with van der Waals surface area (Å²) in [4.78, 5) is 17.9. The second kappa shape index (κ2) is 6.95. The average molecular weight is 425 g/mol. The molecule has 3 aliphatic heterocycles. The van der Waals surface area contributed by atoms with E-state index in [0.29, 0.717) is 5.92 Å². The number of hydrogen-bond donors (Lipinski definition) is 0. The Labute approximate surface area is 186 Å². The van der Waals surface area contributed by atoms with Crippen molar-refractivity contribution in [1.82, 2.24) is 4.90 Å². The van der Waals surface area contributed by atoms with Crippen LogP contribution in [-0.2, 0) is 14.3 Å².